The fraction of sp³-hybridized carbons (Fsp3) is 0.500. The lowest BCUT2D eigenvalue weighted by molar-refractivity contribution is -0.135. The topological polar surface area (TPSA) is 46.3 Å². The molecule has 1 aromatic rings. The number of benzene rings is 1. The van der Waals surface area contributed by atoms with Gasteiger partial charge in [-0.3, -0.25) is 4.79 Å². The minimum Gasteiger partial charge on any atom is -0.335 e. The first-order valence-corrected chi connectivity index (χ1v) is 6.37. The molecular formula is C14H19FN2O. The Morgan fingerprint density at radius 2 is 2.06 bits per heavy atom. The molecule has 0 heterocycles. The lowest BCUT2D eigenvalue weighted by Gasteiger charge is -2.25. The summed E-state index contributed by atoms with van der Waals surface area (Å²) in [6.45, 7) is 2.77. The van der Waals surface area contributed by atoms with E-state index in [4.69, 9.17) is 5.73 Å². The van der Waals surface area contributed by atoms with Gasteiger partial charge < -0.3 is 10.6 Å². The molecule has 0 bridgehead atoms. The summed E-state index contributed by atoms with van der Waals surface area (Å²) in [6.07, 6.45) is 2.12. The normalized spacial score (nSPS) is 16.4. The van der Waals surface area contributed by atoms with Gasteiger partial charge in [-0.15, -0.1) is 0 Å². The van der Waals surface area contributed by atoms with Gasteiger partial charge in [0.15, 0.2) is 0 Å². The molecule has 1 saturated carbocycles. The third-order valence-corrected chi connectivity index (χ3v) is 3.31. The summed E-state index contributed by atoms with van der Waals surface area (Å²) in [4.78, 5) is 14.1. The standard InChI is InChI=1S/C14H19FN2O/c1-10(8-16)14(18)17(13-6-7-13)9-11-2-4-12(15)5-3-11/h2-5,10,13H,6-9,16H2,1H3. The van der Waals surface area contributed by atoms with E-state index >= 15 is 0 Å². The van der Waals surface area contributed by atoms with E-state index in [1.54, 1.807) is 12.1 Å². The van der Waals surface area contributed by atoms with Gasteiger partial charge in [0.25, 0.3) is 0 Å². The smallest absolute Gasteiger partial charge is 0.227 e. The second-order valence-corrected chi connectivity index (χ2v) is 4.96. The minimum atomic E-state index is -0.252. The van der Waals surface area contributed by atoms with E-state index in [0.29, 0.717) is 19.1 Å². The van der Waals surface area contributed by atoms with Gasteiger partial charge in [0, 0.05) is 25.0 Å². The highest BCUT2D eigenvalue weighted by Crippen LogP contribution is 2.29. The molecule has 1 aliphatic rings. The third-order valence-electron chi connectivity index (χ3n) is 3.31. The van der Waals surface area contributed by atoms with Crippen molar-refractivity contribution < 1.29 is 9.18 Å². The molecule has 4 heteroatoms. The van der Waals surface area contributed by atoms with Crippen LogP contribution in [0.5, 0.6) is 0 Å². The number of nitrogens with two attached hydrogens (primary N) is 1. The van der Waals surface area contributed by atoms with Gasteiger partial charge in [-0.25, -0.2) is 4.39 Å². The van der Waals surface area contributed by atoms with Crippen LogP contribution in [0.25, 0.3) is 0 Å². The number of rotatable bonds is 5. The SMILES string of the molecule is CC(CN)C(=O)N(Cc1ccc(F)cc1)C1CC1. The molecule has 98 valence electrons. The number of carbonyl (C=O) groups excluding carboxylic acids is 1. The zero-order valence-electron chi connectivity index (χ0n) is 10.6. The Labute approximate surface area is 107 Å². The van der Waals surface area contributed by atoms with Gasteiger partial charge in [0.05, 0.1) is 0 Å². The van der Waals surface area contributed by atoms with Crippen molar-refractivity contribution in [3.8, 4) is 0 Å². The highest BCUT2D eigenvalue weighted by molar-refractivity contribution is 5.79. The van der Waals surface area contributed by atoms with Gasteiger partial charge in [0.1, 0.15) is 5.82 Å². The Bertz CT molecular complexity index is 414. The largest absolute Gasteiger partial charge is 0.335 e. The Morgan fingerprint density at radius 1 is 1.44 bits per heavy atom. The molecule has 1 amide bonds. The monoisotopic (exact) mass is 250 g/mol. The Balaban J connectivity index is 2.06. The van der Waals surface area contributed by atoms with Crippen LogP contribution in [0.3, 0.4) is 0 Å². The predicted molar refractivity (Wildman–Crippen MR) is 68.2 cm³/mol. The highest BCUT2D eigenvalue weighted by atomic mass is 19.1. The fourth-order valence-corrected chi connectivity index (χ4v) is 1.94. The Hall–Kier alpha value is -1.42. The lowest BCUT2D eigenvalue weighted by Crippen LogP contribution is -2.38. The van der Waals surface area contributed by atoms with Crippen molar-refractivity contribution in [3.63, 3.8) is 0 Å². The fourth-order valence-electron chi connectivity index (χ4n) is 1.94. The van der Waals surface area contributed by atoms with Crippen molar-refractivity contribution in [2.24, 2.45) is 11.7 Å². The molecule has 1 aliphatic carbocycles. The molecule has 0 saturated heterocycles. The van der Waals surface area contributed by atoms with Gasteiger partial charge in [0.2, 0.25) is 5.91 Å². The van der Waals surface area contributed by atoms with Crippen LogP contribution >= 0.6 is 0 Å². The first-order chi connectivity index (χ1) is 8.61. The maximum absolute atomic E-state index is 12.8. The summed E-state index contributed by atoms with van der Waals surface area (Å²) in [6, 6.07) is 6.65. The van der Waals surface area contributed by atoms with E-state index < -0.39 is 0 Å². The molecule has 1 fully saturated rings. The maximum Gasteiger partial charge on any atom is 0.227 e. The van der Waals surface area contributed by atoms with Crippen molar-refractivity contribution in [1.82, 2.24) is 4.90 Å². The molecule has 18 heavy (non-hydrogen) atoms. The van der Waals surface area contributed by atoms with Crippen molar-refractivity contribution in [2.75, 3.05) is 6.54 Å². The Morgan fingerprint density at radius 3 is 2.56 bits per heavy atom. The summed E-state index contributed by atoms with van der Waals surface area (Å²) in [5.41, 5.74) is 6.51. The van der Waals surface area contributed by atoms with Crippen LogP contribution in [0.15, 0.2) is 24.3 Å². The van der Waals surface area contributed by atoms with Crippen molar-refractivity contribution in [2.45, 2.75) is 32.4 Å². The molecule has 0 aliphatic heterocycles. The van der Waals surface area contributed by atoms with Crippen LogP contribution in [0.2, 0.25) is 0 Å². The first kappa shape index (κ1) is 13.0. The zero-order chi connectivity index (χ0) is 13.1. The lowest BCUT2D eigenvalue weighted by atomic mass is 10.1. The number of amides is 1. The van der Waals surface area contributed by atoms with Gasteiger partial charge in [-0.2, -0.15) is 0 Å². The second-order valence-electron chi connectivity index (χ2n) is 4.96. The van der Waals surface area contributed by atoms with E-state index in [2.05, 4.69) is 0 Å². The van der Waals surface area contributed by atoms with Crippen molar-refractivity contribution >= 4 is 5.91 Å². The summed E-state index contributed by atoms with van der Waals surface area (Å²) in [7, 11) is 0. The first-order valence-electron chi connectivity index (χ1n) is 6.37. The van der Waals surface area contributed by atoms with Crippen molar-refractivity contribution in [1.29, 1.82) is 0 Å². The second kappa shape index (κ2) is 5.48. The summed E-state index contributed by atoms with van der Waals surface area (Å²) in [5.74, 6) is -0.297. The van der Waals surface area contributed by atoms with Crippen molar-refractivity contribution in [3.05, 3.63) is 35.6 Å². The number of hydrogen-bond acceptors (Lipinski definition) is 2. The van der Waals surface area contributed by atoms with Crippen LogP contribution in [-0.4, -0.2) is 23.4 Å². The molecule has 0 aromatic heterocycles. The Kier molecular flexibility index (Phi) is 3.97. The van der Waals surface area contributed by atoms with Crippen LogP contribution in [0.1, 0.15) is 25.3 Å². The quantitative estimate of drug-likeness (QED) is 0.867. The van der Waals surface area contributed by atoms with Crippen LogP contribution in [-0.2, 0) is 11.3 Å². The maximum atomic E-state index is 12.8. The molecule has 1 aromatic carbocycles. The molecule has 1 unspecified atom stereocenters. The molecule has 1 atom stereocenters. The average molecular weight is 250 g/mol. The van der Waals surface area contributed by atoms with Gasteiger partial charge in [-0.05, 0) is 30.5 Å². The average Bonchev–Trinajstić information content (AvgIpc) is 3.20. The van der Waals surface area contributed by atoms with E-state index in [9.17, 15) is 9.18 Å². The van der Waals surface area contributed by atoms with E-state index in [0.717, 1.165) is 18.4 Å². The van der Waals surface area contributed by atoms with Crippen LogP contribution in [0.4, 0.5) is 4.39 Å². The number of nitrogens with zero attached hydrogens (tertiary/aromatic N) is 1. The number of hydrogen-bond donors (Lipinski definition) is 1. The highest BCUT2D eigenvalue weighted by Gasteiger charge is 2.34. The van der Waals surface area contributed by atoms with Gasteiger partial charge >= 0.3 is 0 Å². The predicted octanol–water partition coefficient (Wildman–Crippen LogP) is 1.91. The minimum absolute atomic E-state index is 0.101. The summed E-state index contributed by atoms with van der Waals surface area (Å²) >= 11 is 0. The van der Waals surface area contributed by atoms with Crippen LogP contribution < -0.4 is 5.73 Å². The van der Waals surface area contributed by atoms with E-state index in [1.807, 2.05) is 11.8 Å². The molecule has 3 nitrogen and oxygen atoms in total. The summed E-state index contributed by atoms with van der Waals surface area (Å²) in [5, 5.41) is 0. The third kappa shape index (κ3) is 3.07. The van der Waals surface area contributed by atoms with Gasteiger partial charge in [-0.1, -0.05) is 19.1 Å². The molecule has 2 rings (SSSR count). The number of carbonyl (C=O) groups is 1. The zero-order valence-corrected chi connectivity index (χ0v) is 10.6. The van der Waals surface area contributed by atoms with E-state index in [1.165, 1.54) is 12.1 Å². The molecular weight excluding hydrogens is 231 g/mol. The molecule has 2 N–H and O–H groups in total. The van der Waals surface area contributed by atoms with E-state index in [-0.39, 0.29) is 17.6 Å². The van der Waals surface area contributed by atoms with Crippen LogP contribution in [0, 0.1) is 11.7 Å². The number of halogens is 1. The molecule has 0 radical (unpaired) electrons. The molecule has 0 spiro atoms. The summed E-state index contributed by atoms with van der Waals surface area (Å²) < 4.78 is 12.8.